The van der Waals surface area contributed by atoms with E-state index < -0.39 is 19.7 Å². The highest BCUT2D eigenvalue weighted by molar-refractivity contribution is 6.74. The van der Waals surface area contributed by atoms with Crippen molar-refractivity contribution in [3.05, 3.63) is 35.4 Å². The molecule has 156 valence electrons. The summed E-state index contributed by atoms with van der Waals surface area (Å²) in [7, 11) is -0.629. The Morgan fingerprint density at radius 3 is 2.18 bits per heavy atom. The SMILES string of the molecule is COC(=O)C=Cc1ccc(OC(=O)C(C)(C)C)cc1CO[Si](C)(C)C(C)(C)C. The van der Waals surface area contributed by atoms with E-state index in [0.717, 1.165) is 11.1 Å². The van der Waals surface area contributed by atoms with Crippen molar-refractivity contribution in [2.45, 2.75) is 66.3 Å². The van der Waals surface area contributed by atoms with E-state index >= 15 is 0 Å². The zero-order valence-electron chi connectivity index (χ0n) is 18.6. The lowest BCUT2D eigenvalue weighted by atomic mass is 9.97. The first-order chi connectivity index (χ1) is 12.7. The molecule has 0 unspecified atom stereocenters. The highest BCUT2D eigenvalue weighted by Gasteiger charge is 2.37. The van der Waals surface area contributed by atoms with E-state index in [9.17, 15) is 9.59 Å². The second-order valence-corrected chi connectivity index (χ2v) is 14.2. The molecule has 0 bridgehead atoms. The fourth-order valence-corrected chi connectivity index (χ4v) is 2.84. The minimum Gasteiger partial charge on any atom is -0.466 e. The summed E-state index contributed by atoms with van der Waals surface area (Å²) in [6.07, 6.45) is 3.05. The fraction of sp³-hybridized carbons (Fsp3) is 0.545. The third-order valence-electron chi connectivity index (χ3n) is 4.93. The van der Waals surface area contributed by atoms with Gasteiger partial charge < -0.3 is 13.9 Å². The van der Waals surface area contributed by atoms with Crippen molar-refractivity contribution < 1.29 is 23.5 Å². The third-order valence-corrected chi connectivity index (χ3v) is 9.41. The number of methoxy groups -OCH3 is 1. The first kappa shape index (κ1) is 24.1. The molecule has 0 radical (unpaired) electrons. The van der Waals surface area contributed by atoms with Crippen LogP contribution in [0.3, 0.4) is 0 Å². The fourth-order valence-electron chi connectivity index (χ4n) is 1.89. The van der Waals surface area contributed by atoms with Crippen molar-refractivity contribution in [3.63, 3.8) is 0 Å². The molecule has 0 spiro atoms. The van der Waals surface area contributed by atoms with Crippen molar-refractivity contribution in [1.82, 2.24) is 0 Å². The Balaban J connectivity index is 3.18. The second-order valence-electron chi connectivity index (χ2n) is 9.41. The predicted molar refractivity (Wildman–Crippen MR) is 115 cm³/mol. The van der Waals surface area contributed by atoms with Crippen LogP contribution in [0.5, 0.6) is 5.75 Å². The van der Waals surface area contributed by atoms with Gasteiger partial charge in [0.15, 0.2) is 8.32 Å². The van der Waals surface area contributed by atoms with Gasteiger partial charge in [0.1, 0.15) is 5.75 Å². The van der Waals surface area contributed by atoms with E-state index in [-0.39, 0.29) is 11.0 Å². The van der Waals surface area contributed by atoms with E-state index in [1.165, 1.54) is 13.2 Å². The normalized spacial score (nSPS) is 12.9. The molecule has 1 rings (SSSR count). The molecule has 0 amide bonds. The molecule has 0 N–H and O–H groups in total. The molecule has 0 fully saturated rings. The Morgan fingerprint density at radius 2 is 1.68 bits per heavy atom. The average Bonchev–Trinajstić information content (AvgIpc) is 2.56. The molecule has 0 saturated heterocycles. The third kappa shape index (κ3) is 6.91. The lowest BCUT2D eigenvalue weighted by Gasteiger charge is -2.36. The topological polar surface area (TPSA) is 61.8 Å². The molecule has 0 aliphatic rings. The molecule has 6 heteroatoms. The van der Waals surface area contributed by atoms with Gasteiger partial charge in [-0.05, 0) is 68.2 Å². The number of carbonyl (C=O) groups excluding carboxylic acids is 2. The van der Waals surface area contributed by atoms with Crippen LogP contribution in [0.15, 0.2) is 24.3 Å². The maximum Gasteiger partial charge on any atom is 0.330 e. The second kappa shape index (κ2) is 9.05. The van der Waals surface area contributed by atoms with Crippen LogP contribution in [-0.2, 0) is 25.4 Å². The number of hydrogen-bond acceptors (Lipinski definition) is 5. The molecular formula is C22H34O5Si. The number of esters is 2. The summed E-state index contributed by atoms with van der Waals surface area (Å²) < 4.78 is 16.5. The lowest BCUT2D eigenvalue weighted by molar-refractivity contribution is -0.143. The molecule has 0 aliphatic carbocycles. The van der Waals surface area contributed by atoms with Gasteiger partial charge in [-0.25, -0.2) is 4.79 Å². The molecule has 0 aliphatic heterocycles. The van der Waals surface area contributed by atoms with Gasteiger partial charge in [-0.15, -0.1) is 0 Å². The van der Waals surface area contributed by atoms with Gasteiger partial charge in [0.2, 0.25) is 0 Å². The quantitative estimate of drug-likeness (QED) is 0.276. The highest BCUT2D eigenvalue weighted by Crippen LogP contribution is 2.37. The summed E-state index contributed by atoms with van der Waals surface area (Å²) in [5, 5.41) is 0.0747. The van der Waals surface area contributed by atoms with Gasteiger partial charge in [0, 0.05) is 6.08 Å². The van der Waals surface area contributed by atoms with Crippen LogP contribution < -0.4 is 4.74 Å². The highest BCUT2D eigenvalue weighted by atomic mass is 28.4. The van der Waals surface area contributed by atoms with Crippen LogP contribution in [0.25, 0.3) is 6.08 Å². The molecule has 0 atom stereocenters. The smallest absolute Gasteiger partial charge is 0.330 e. The van der Waals surface area contributed by atoms with Crippen LogP contribution in [-0.4, -0.2) is 27.4 Å². The van der Waals surface area contributed by atoms with Gasteiger partial charge >= 0.3 is 11.9 Å². The lowest BCUT2D eigenvalue weighted by Crippen LogP contribution is -2.40. The number of rotatable bonds is 6. The summed E-state index contributed by atoms with van der Waals surface area (Å²) in [6.45, 7) is 16.7. The first-order valence-corrected chi connectivity index (χ1v) is 12.3. The number of carbonyl (C=O) groups is 2. The van der Waals surface area contributed by atoms with E-state index in [1.54, 1.807) is 18.2 Å². The Kier molecular flexibility index (Phi) is 7.80. The van der Waals surface area contributed by atoms with Crippen LogP contribution in [0, 0.1) is 5.41 Å². The molecule has 0 heterocycles. The summed E-state index contributed by atoms with van der Waals surface area (Å²) in [6, 6.07) is 5.33. The van der Waals surface area contributed by atoms with Crippen LogP contribution in [0.2, 0.25) is 18.1 Å². The summed E-state index contributed by atoms with van der Waals surface area (Å²) in [5.41, 5.74) is 1.07. The molecule has 5 nitrogen and oxygen atoms in total. The van der Waals surface area contributed by atoms with E-state index in [0.29, 0.717) is 12.4 Å². The van der Waals surface area contributed by atoms with E-state index in [4.69, 9.17) is 9.16 Å². The minimum absolute atomic E-state index is 0.0747. The monoisotopic (exact) mass is 406 g/mol. The molecular weight excluding hydrogens is 372 g/mol. The minimum atomic E-state index is -1.97. The Morgan fingerprint density at radius 1 is 1.07 bits per heavy atom. The Bertz CT molecular complexity index is 736. The maximum absolute atomic E-state index is 12.2. The molecule has 28 heavy (non-hydrogen) atoms. The summed E-state index contributed by atoms with van der Waals surface area (Å²) in [5.74, 6) is -0.273. The maximum atomic E-state index is 12.2. The van der Waals surface area contributed by atoms with Crippen molar-refractivity contribution in [3.8, 4) is 5.75 Å². The number of benzene rings is 1. The molecule has 0 aromatic heterocycles. The molecule has 1 aromatic carbocycles. The first-order valence-electron chi connectivity index (χ1n) is 9.42. The van der Waals surface area contributed by atoms with Gasteiger partial charge in [0.05, 0.1) is 19.1 Å². The van der Waals surface area contributed by atoms with E-state index in [2.05, 4.69) is 38.6 Å². The average molecular weight is 407 g/mol. The van der Waals surface area contributed by atoms with Crippen molar-refractivity contribution in [1.29, 1.82) is 0 Å². The Hall–Kier alpha value is -1.92. The van der Waals surface area contributed by atoms with Gasteiger partial charge in [-0.2, -0.15) is 0 Å². The molecule has 0 saturated carbocycles. The van der Waals surface area contributed by atoms with Gasteiger partial charge in [-0.3, -0.25) is 4.79 Å². The van der Waals surface area contributed by atoms with Crippen LogP contribution >= 0.6 is 0 Å². The standard InChI is InChI=1S/C22H34O5Si/c1-21(2,3)20(24)27-18-12-10-16(11-13-19(23)25-7)17(14-18)15-26-28(8,9)22(4,5)6/h10-14H,15H2,1-9H3. The predicted octanol–water partition coefficient (Wildman–Crippen LogP) is 5.35. The summed E-state index contributed by atoms with van der Waals surface area (Å²) in [4.78, 5) is 23.7. The zero-order valence-corrected chi connectivity index (χ0v) is 19.6. The number of ether oxygens (including phenoxy) is 2. The van der Waals surface area contributed by atoms with Crippen molar-refractivity contribution in [2.75, 3.05) is 7.11 Å². The van der Waals surface area contributed by atoms with Gasteiger partial charge in [-0.1, -0.05) is 26.8 Å². The van der Waals surface area contributed by atoms with Crippen molar-refractivity contribution in [2.24, 2.45) is 5.41 Å². The van der Waals surface area contributed by atoms with Crippen molar-refractivity contribution >= 4 is 26.3 Å². The van der Waals surface area contributed by atoms with Crippen LogP contribution in [0.4, 0.5) is 0 Å². The summed E-state index contributed by atoms with van der Waals surface area (Å²) >= 11 is 0. The zero-order chi connectivity index (χ0) is 21.8. The Labute approximate surface area is 170 Å². The number of hydrogen-bond donors (Lipinski definition) is 0. The van der Waals surface area contributed by atoms with Crippen LogP contribution in [0.1, 0.15) is 52.7 Å². The van der Waals surface area contributed by atoms with E-state index in [1.807, 2.05) is 26.8 Å². The van der Waals surface area contributed by atoms with Gasteiger partial charge in [0.25, 0.3) is 0 Å². The largest absolute Gasteiger partial charge is 0.466 e. The molecule has 1 aromatic rings.